The Labute approximate surface area is 126 Å². The van der Waals surface area contributed by atoms with Crippen LogP contribution in [0.2, 0.25) is 0 Å². The van der Waals surface area contributed by atoms with Crippen LogP contribution in [0.25, 0.3) is 0 Å². The molecule has 2 aromatic carbocycles. The van der Waals surface area contributed by atoms with Crippen LogP contribution in [-0.2, 0) is 0 Å². The van der Waals surface area contributed by atoms with E-state index in [2.05, 4.69) is 5.32 Å². The van der Waals surface area contributed by atoms with E-state index in [-0.39, 0.29) is 0 Å². The Kier molecular flexibility index (Phi) is 4.59. The molecule has 6 heteroatoms. The maximum atomic E-state index is 13.7. The number of aromatic hydroxyl groups is 1. The number of rotatable bonds is 4. The summed E-state index contributed by atoms with van der Waals surface area (Å²) in [4.78, 5) is 12.1. The third kappa shape index (κ3) is 2.99. The van der Waals surface area contributed by atoms with E-state index < -0.39 is 29.1 Å². The molecule has 112 valence electrons. The number of halogens is 1. The molecule has 2 rings (SSSR count). The summed E-state index contributed by atoms with van der Waals surface area (Å²) < 4.78 is 18.8. The Morgan fingerprint density at radius 3 is 2.68 bits per heavy atom. The van der Waals surface area contributed by atoms with Crippen LogP contribution in [0, 0.1) is 17.1 Å². The zero-order chi connectivity index (χ0) is 16.1. The second-order valence-electron chi connectivity index (χ2n) is 4.41. The van der Waals surface area contributed by atoms with Gasteiger partial charge in [-0.3, -0.25) is 4.79 Å². The number of ether oxygens (including phenoxy) is 1. The molecule has 22 heavy (non-hydrogen) atoms. The highest BCUT2D eigenvalue weighted by Crippen LogP contribution is 2.26. The Morgan fingerprint density at radius 2 is 2.05 bits per heavy atom. The van der Waals surface area contributed by atoms with Gasteiger partial charge in [0, 0.05) is 5.56 Å². The molecule has 0 heterocycles. The summed E-state index contributed by atoms with van der Waals surface area (Å²) in [6, 6.07) is 11.1. The molecule has 0 saturated heterocycles. The molecule has 0 aromatic heterocycles. The van der Waals surface area contributed by atoms with E-state index in [1.54, 1.807) is 24.3 Å². The number of nitrogens with zero attached hydrogens (tertiary/aromatic N) is 1. The van der Waals surface area contributed by atoms with Crippen LogP contribution in [-0.4, -0.2) is 18.1 Å². The molecule has 0 saturated carbocycles. The number of methoxy groups -OCH3 is 1. The van der Waals surface area contributed by atoms with Gasteiger partial charge in [-0.05, 0) is 18.2 Å². The normalized spacial score (nSPS) is 11.3. The van der Waals surface area contributed by atoms with Crippen molar-refractivity contribution in [1.29, 1.82) is 5.26 Å². The van der Waals surface area contributed by atoms with Gasteiger partial charge in [0.25, 0.3) is 5.91 Å². The number of benzene rings is 2. The molecule has 0 spiro atoms. The van der Waals surface area contributed by atoms with Gasteiger partial charge in [0.05, 0.1) is 13.2 Å². The minimum absolute atomic E-state index is 0.423. The van der Waals surface area contributed by atoms with Crippen LogP contribution in [0.1, 0.15) is 22.0 Å². The highest BCUT2D eigenvalue weighted by atomic mass is 19.1. The molecule has 0 fully saturated rings. The van der Waals surface area contributed by atoms with Gasteiger partial charge in [-0.25, -0.2) is 4.39 Å². The van der Waals surface area contributed by atoms with Crippen LogP contribution in [0.3, 0.4) is 0 Å². The van der Waals surface area contributed by atoms with Gasteiger partial charge in [0.15, 0.2) is 0 Å². The molecule has 1 amide bonds. The molecule has 5 nitrogen and oxygen atoms in total. The SMILES string of the molecule is COc1ccccc1[C@@H](C#N)NC(=O)c1c(O)cccc1F. The monoisotopic (exact) mass is 300 g/mol. The first-order valence-corrected chi connectivity index (χ1v) is 6.39. The molecule has 0 unspecified atom stereocenters. The number of phenols is 1. The summed E-state index contributed by atoms with van der Waals surface area (Å²) in [5, 5.41) is 21.2. The largest absolute Gasteiger partial charge is 0.507 e. The standard InChI is InChI=1S/C16H13FN2O3/c1-22-14-8-3-2-5-10(14)12(9-18)19-16(21)15-11(17)6-4-7-13(15)20/h2-8,12,20H,1H3,(H,19,21)/t12-/m1/s1. The second-order valence-corrected chi connectivity index (χ2v) is 4.41. The summed E-state index contributed by atoms with van der Waals surface area (Å²) in [5.74, 6) is -1.82. The fraction of sp³-hybridized carbons (Fsp3) is 0.125. The number of nitriles is 1. The lowest BCUT2D eigenvalue weighted by atomic mass is 10.1. The van der Waals surface area contributed by atoms with Crippen LogP contribution in [0.5, 0.6) is 11.5 Å². The zero-order valence-corrected chi connectivity index (χ0v) is 11.7. The van der Waals surface area contributed by atoms with Gasteiger partial charge < -0.3 is 15.2 Å². The number of carbonyl (C=O) groups is 1. The average Bonchev–Trinajstić information content (AvgIpc) is 2.52. The fourth-order valence-corrected chi connectivity index (χ4v) is 2.03. The summed E-state index contributed by atoms with van der Waals surface area (Å²) in [5.41, 5.74) is -0.0608. The summed E-state index contributed by atoms with van der Waals surface area (Å²) in [6.07, 6.45) is 0. The Morgan fingerprint density at radius 1 is 1.32 bits per heavy atom. The van der Waals surface area contributed by atoms with E-state index >= 15 is 0 Å². The molecular formula is C16H13FN2O3. The van der Waals surface area contributed by atoms with Gasteiger partial charge in [0.2, 0.25) is 0 Å². The average molecular weight is 300 g/mol. The Hall–Kier alpha value is -3.07. The van der Waals surface area contributed by atoms with Gasteiger partial charge in [0.1, 0.15) is 28.9 Å². The number of nitrogens with one attached hydrogen (secondary N) is 1. The third-order valence-electron chi connectivity index (χ3n) is 3.07. The molecular weight excluding hydrogens is 287 g/mol. The number of carbonyl (C=O) groups excluding carboxylic acids is 1. The molecule has 0 aliphatic rings. The lowest BCUT2D eigenvalue weighted by molar-refractivity contribution is 0.0938. The molecule has 1 atom stereocenters. The van der Waals surface area contributed by atoms with Crippen LogP contribution in [0.4, 0.5) is 4.39 Å². The predicted molar refractivity (Wildman–Crippen MR) is 76.9 cm³/mol. The van der Waals surface area contributed by atoms with Crippen molar-refractivity contribution in [2.75, 3.05) is 7.11 Å². The van der Waals surface area contributed by atoms with E-state index in [9.17, 15) is 19.6 Å². The Balaban J connectivity index is 2.32. The summed E-state index contributed by atoms with van der Waals surface area (Å²) >= 11 is 0. The highest BCUT2D eigenvalue weighted by Gasteiger charge is 2.22. The van der Waals surface area contributed by atoms with Crippen LogP contribution < -0.4 is 10.1 Å². The number of hydrogen-bond acceptors (Lipinski definition) is 4. The minimum atomic E-state index is -1.04. The quantitative estimate of drug-likeness (QED) is 0.909. The maximum absolute atomic E-state index is 13.7. The van der Waals surface area contributed by atoms with Gasteiger partial charge >= 0.3 is 0 Å². The second kappa shape index (κ2) is 6.59. The molecule has 2 aromatic rings. The van der Waals surface area contributed by atoms with Crippen molar-refractivity contribution in [2.45, 2.75) is 6.04 Å². The van der Waals surface area contributed by atoms with Crippen molar-refractivity contribution >= 4 is 5.91 Å². The van der Waals surface area contributed by atoms with Crippen molar-refractivity contribution < 1.29 is 19.0 Å². The fourth-order valence-electron chi connectivity index (χ4n) is 2.03. The number of hydrogen-bond donors (Lipinski definition) is 2. The predicted octanol–water partition coefficient (Wildman–Crippen LogP) is 2.53. The zero-order valence-electron chi connectivity index (χ0n) is 11.7. The van der Waals surface area contributed by atoms with Crippen LogP contribution >= 0.6 is 0 Å². The van der Waals surface area contributed by atoms with Crippen molar-refractivity contribution in [1.82, 2.24) is 5.32 Å². The first kappa shape index (κ1) is 15.3. The first-order chi connectivity index (χ1) is 10.6. The van der Waals surface area contributed by atoms with Crippen molar-refractivity contribution in [3.8, 4) is 17.6 Å². The number of phenolic OH excluding ortho intramolecular Hbond substituents is 1. The van der Waals surface area contributed by atoms with Gasteiger partial charge in [-0.15, -0.1) is 0 Å². The highest BCUT2D eigenvalue weighted by molar-refractivity contribution is 5.97. The molecule has 0 radical (unpaired) electrons. The minimum Gasteiger partial charge on any atom is -0.507 e. The van der Waals surface area contributed by atoms with E-state index in [4.69, 9.17) is 4.74 Å². The maximum Gasteiger partial charge on any atom is 0.259 e. The van der Waals surface area contributed by atoms with E-state index in [1.807, 2.05) is 6.07 Å². The third-order valence-corrected chi connectivity index (χ3v) is 3.07. The smallest absolute Gasteiger partial charge is 0.259 e. The lowest BCUT2D eigenvalue weighted by Crippen LogP contribution is -2.28. The number of para-hydroxylation sites is 1. The van der Waals surface area contributed by atoms with Crippen LogP contribution in [0.15, 0.2) is 42.5 Å². The first-order valence-electron chi connectivity index (χ1n) is 6.39. The molecule has 0 bridgehead atoms. The van der Waals surface area contributed by atoms with Crippen molar-refractivity contribution in [3.05, 3.63) is 59.4 Å². The van der Waals surface area contributed by atoms with Gasteiger partial charge in [-0.2, -0.15) is 5.26 Å². The lowest BCUT2D eigenvalue weighted by Gasteiger charge is -2.15. The van der Waals surface area contributed by atoms with Crippen molar-refractivity contribution in [2.24, 2.45) is 0 Å². The number of amides is 1. The Bertz CT molecular complexity index is 720. The summed E-state index contributed by atoms with van der Waals surface area (Å²) in [6.45, 7) is 0. The van der Waals surface area contributed by atoms with Crippen molar-refractivity contribution in [3.63, 3.8) is 0 Å². The van der Waals surface area contributed by atoms with E-state index in [1.165, 1.54) is 19.2 Å². The van der Waals surface area contributed by atoms with E-state index in [0.29, 0.717) is 11.3 Å². The topological polar surface area (TPSA) is 82.3 Å². The van der Waals surface area contributed by atoms with Gasteiger partial charge in [-0.1, -0.05) is 24.3 Å². The molecule has 0 aliphatic carbocycles. The molecule has 2 N–H and O–H groups in total. The van der Waals surface area contributed by atoms with E-state index in [0.717, 1.165) is 6.07 Å². The summed E-state index contributed by atoms with van der Waals surface area (Å²) in [7, 11) is 1.44. The molecule has 0 aliphatic heterocycles.